The number of nitrogens with one attached hydrogen (secondary N) is 1. The summed E-state index contributed by atoms with van der Waals surface area (Å²) in [6.07, 6.45) is 0.285. The normalized spacial score (nSPS) is 16.4. The van der Waals surface area contributed by atoms with Crippen molar-refractivity contribution in [3.8, 4) is 11.5 Å². The van der Waals surface area contributed by atoms with Gasteiger partial charge < -0.3 is 14.4 Å². The third-order valence-corrected chi connectivity index (χ3v) is 4.43. The van der Waals surface area contributed by atoms with Crippen molar-refractivity contribution >= 4 is 21.8 Å². The summed E-state index contributed by atoms with van der Waals surface area (Å²) in [5, 5.41) is 1.97. The molecule has 0 bridgehead atoms. The first-order valence-corrected chi connectivity index (χ1v) is 7.96. The summed E-state index contributed by atoms with van der Waals surface area (Å²) >= 11 is 3.48. The molecular weight excluding hydrogens is 350 g/mol. The van der Waals surface area contributed by atoms with Crippen LogP contribution in [0, 0.1) is 0 Å². The van der Waals surface area contributed by atoms with Gasteiger partial charge in [-0.05, 0) is 24.7 Å². The van der Waals surface area contributed by atoms with Crippen molar-refractivity contribution in [1.82, 2.24) is 15.3 Å². The van der Waals surface area contributed by atoms with E-state index in [9.17, 15) is 4.79 Å². The number of likely N-dealkylation sites (N-methyl/N-ethyl adjacent to an activating group) is 1. The average molecular weight is 372 g/mol. The quantitative estimate of drug-likeness (QED) is 0.844. The molecule has 0 aliphatic carbocycles. The molecular formula is C15H22BrN3O3. The number of halogens is 1. The van der Waals surface area contributed by atoms with E-state index in [1.165, 1.54) is 0 Å². The van der Waals surface area contributed by atoms with Crippen molar-refractivity contribution < 1.29 is 14.3 Å². The van der Waals surface area contributed by atoms with E-state index >= 15 is 0 Å². The van der Waals surface area contributed by atoms with Gasteiger partial charge in [0.25, 0.3) is 0 Å². The summed E-state index contributed by atoms with van der Waals surface area (Å²) in [6, 6.07) is 3.64. The molecule has 122 valence electrons. The lowest BCUT2D eigenvalue weighted by Gasteiger charge is -2.32. The minimum absolute atomic E-state index is 0.0301. The van der Waals surface area contributed by atoms with Crippen LogP contribution in [0.3, 0.4) is 0 Å². The van der Waals surface area contributed by atoms with E-state index < -0.39 is 0 Å². The Balaban J connectivity index is 1.99. The highest BCUT2D eigenvalue weighted by Gasteiger charge is 2.17. The van der Waals surface area contributed by atoms with Crippen LogP contribution in [0.25, 0.3) is 0 Å². The zero-order valence-corrected chi connectivity index (χ0v) is 14.8. The molecule has 1 N–H and O–H groups in total. The van der Waals surface area contributed by atoms with Gasteiger partial charge in [0.2, 0.25) is 5.91 Å². The minimum Gasteiger partial charge on any atom is -0.493 e. The van der Waals surface area contributed by atoms with Crippen molar-refractivity contribution in [2.24, 2.45) is 0 Å². The van der Waals surface area contributed by atoms with Crippen molar-refractivity contribution in [2.45, 2.75) is 6.42 Å². The molecule has 1 heterocycles. The Morgan fingerprint density at radius 1 is 1.18 bits per heavy atom. The number of benzene rings is 1. The maximum absolute atomic E-state index is 12.2. The first-order valence-electron chi connectivity index (χ1n) is 7.17. The Labute approximate surface area is 139 Å². The number of piperazine rings is 1. The Bertz CT molecular complexity index is 531. The van der Waals surface area contributed by atoms with Crippen LogP contribution in [0.4, 0.5) is 0 Å². The van der Waals surface area contributed by atoms with Crippen LogP contribution in [0.1, 0.15) is 5.56 Å². The van der Waals surface area contributed by atoms with Crippen LogP contribution in [0.5, 0.6) is 11.5 Å². The summed E-state index contributed by atoms with van der Waals surface area (Å²) in [6.45, 7) is 3.60. The summed E-state index contributed by atoms with van der Waals surface area (Å²) in [5.74, 6) is 1.23. The number of amides is 1. The molecule has 0 aromatic heterocycles. The van der Waals surface area contributed by atoms with Gasteiger partial charge in [0.1, 0.15) is 0 Å². The number of carbonyl (C=O) groups is 1. The summed E-state index contributed by atoms with van der Waals surface area (Å²) < 4.78 is 11.4. The molecule has 1 aromatic rings. The largest absolute Gasteiger partial charge is 0.493 e. The molecule has 1 saturated heterocycles. The summed E-state index contributed by atoms with van der Waals surface area (Å²) in [7, 11) is 5.25. The van der Waals surface area contributed by atoms with Gasteiger partial charge in [0.05, 0.1) is 20.6 Å². The molecule has 1 fully saturated rings. The van der Waals surface area contributed by atoms with Gasteiger partial charge in [-0.25, -0.2) is 5.01 Å². The van der Waals surface area contributed by atoms with Crippen LogP contribution in [-0.4, -0.2) is 63.3 Å². The van der Waals surface area contributed by atoms with Crippen molar-refractivity contribution in [2.75, 3.05) is 47.4 Å². The third-order valence-electron chi connectivity index (χ3n) is 3.69. The molecule has 1 aromatic carbocycles. The molecule has 1 aliphatic rings. The van der Waals surface area contributed by atoms with E-state index in [-0.39, 0.29) is 12.3 Å². The van der Waals surface area contributed by atoms with Gasteiger partial charge in [-0.2, -0.15) is 0 Å². The molecule has 0 atom stereocenters. The van der Waals surface area contributed by atoms with E-state index in [4.69, 9.17) is 9.47 Å². The Morgan fingerprint density at radius 2 is 1.77 bits per heavy atom. The van der Waals surface area contributed by atoms with Gasteiger partial charge >= 0.3 is 0 Å². The Morgan fingerprint density at radius 3 is 2.36 bits per heavy atom. The van der Waals surface area contributed by atoms with Gasteiger partial charge in [0, 0.05) is 30.7 Å². The Kier molecular flexibility index (Phi) is 6.05. The lowest BCUT2D eigenvalue weighted by Crippen LogP contribution is -2.52. The third kappa shape index (κ3) is 4.34. The minimum atomic E-state index is -0.0301. The molecule has 2 rings (SSSR count). The first-order chi connectivity index (χ1) is 10.5. The highest BCUT2D eigenvalue weighted by atomic mass is 79.9. The number of carbonyl (C=O) groups excluding carboxylic acids is 1. The zero-order valence-electron chi connectivity index (χ0n) is 13.2. The van der Waals surface area contributed by atoms with Crippen molar-refractivity contribution in [3.63, 3.8) is 0 Å². The van der Waals surface area contributed by atoms with E-state index in [1.54, 1.807) is 14.2 Å². The van der Waals surface area contributed by atoms with E-state index in [0.29, 0.717) is 11.5 Å². The Hall–Kier alpha value is -1.31. The predicted molar refractivity (Wildman–Crippen MR) is 88.2 cm³/mol. The molecule has 0 spiro atoms. The number of hydrogen-bond acceptors (Lipinski definition) is 5. The second-order valence-electron chi connectivity index (χ2n) is 5.30. The summed E-state index contributed by atoms with van der Waals surface area (Å²) in [4.78, 5) is 14.5. The van der Waals surface area contributed by atoms with Gasteiger partial charge in [-0.3, -0.25) is 10.2 Å². The monoisotopic (exact) mass is 371 g/mol. The standard InChI is InChI=1S/C15H22BrN3O3/c1-18-4-6-19(7-5-18)17-15(20)9-11-8-13(21-2)14(22-3)10-12(11)16/h8,10H,4-7,9H2,1-3H3,(H,17,20). The van der Waals surface area contributed by atoms with Crippen LogP contribution in [0.15, 0.2) is 16.6 Å². The van der Waals surface area contributed by atoms with Crippen molar-refractivity contribution in [3.05, 3.63) is 22.2 Å². The van der Waals surface area contributed by atoms with Crippen LogP contribution in [-0.2, 0) is 11.2 Å². The number of hydrazine groups is 1. The number of rotatable bonds is 5. The number of nitrogens with zero attached hydrogens (tertiary/aromatic N) is 2. The highest BCUT2D eigenvalue weighted by molar-refractivity contribution is 9.10. The van der Waals surface area contributed by atoms with Crippen LogP contribution < -0.4 is 14.9 Å². The fraction of sp³-hybridized carbons (Fsp3) is 0.533. The lowest BCUT2D eigenvalue weighted by molar-refractivity contribution is -0.126. The van der Waals surface area contributed by atoms with Gasteiger partial charge in [-0.15, -0.1) is 0 Å². The molecule has 0 saturated carbocycles. The maximum atomic E-state index is 12.2. The molecule has 0 unspecified atom stereocenters. The second kappa shape index (κ2) is 7.80. The van der Waals surface area contributed by atoms with E-state index in [2.05, 4.69) is 33.3 Å². The molecule has 6 nitrogen and oxygen atoms in total. The van der Waals surface area contributed by atoms with E-state index in [0.717, 1.165) is 36.2 Å². The SMILES string of the molecule is COc1cc(Br)c(CC(=O)NN2CCN(C)CC2)cc1OC. The number of ether oxygens (including phenoxy) is 2. The zero-order chi connectivity index (χ0) is 16.1. The van der Waals surface area contributed by atoms with E-state index in [1.807, 2.05) is 17.1 Å². The van der Waals surface area contributed by atoms with Crippen LogP contribution in [0.2, 0.25) is 0 Å². The van der Waals surface area contributed by atoms with Crippen LogP contribution >= 0.6 is 15.9 Å². The first kappa shape index (κ1) is 17.1. The molecule has 0 radical (unpaired) electrons. The fourth-order valence-electron chi connectivity index (χ4n) is 2.34. The van der Waals surface area contributed by atoms with Gasteiger partial charge in [-0.1, -0.05) is 15.9 Å². The molecule has 7 heteroatoms. The smallest absolute Gasteiger partial charge is 0.238 e. The highest BCUT2D eigenvalue weighted by Crippen LogP contribution is 2.33. The molecule has 1 aliphatic heterocycles. The van der Waals surface area contributed by atoms with Gasteiger partial charge in [0.15, 0.2) is 11.5 Å². The van der Waals surface area contributed by atoms with Crippen molar-refractivity contribution in [1.29, 1.82) is 0 Å². The topological polar surface area (TPSA) is 54.0 Å². The average Bonchev–Trinajstić information content (AvgIpc) is 2.51. The second-order valence-corrected chi connectivity index (χ2v) is 6.16. The lowest BCUT2D eigenvalue weighted by atomic mass is 10.1. The number of methoxy groups -OCH3 is 2. The molecule has 1 amide bonds. The maximum Gasteiger partial charge on any atom is 0.238 e. The summed E-state index contributed by atoms with van der Waals surface area (Å²) in [5.41, 5.74) is 3.82. The number of hydrogen-bond donors (Lipinski definition) is 1. The predicted octanol–water partition coefficient (Wildman–Crippen LogP) is 1.29. The fourth-order valence-corrected chi connectivity index (χ4v) is 2.80. The molecule has 22 heavy (non-hydrogen) atoms.